The molecule has 0 N–H and O–H groups in total. The van der Waals surface area contributed by atoms with Crippen LogP contribution >= 0.6 is 11.6 Å². The summed E-state index contributed by atoms with van der Waals surface area (Å²) in [4.78, 5) is 10.5. The van der Waals surface area contributed by atoms with Crippen LogP contribution in [0.3, 0.4) is 0 Å². The highest BCUT2D eigenvalue weighted by Crippen LogP contribution is 2.16. The molecule has 0 heterocycles. The van der Waals surface area contributed by atoms with Gasteiger partial charge in [0.2, 0.25) is 0 Å². The van der Waals surface area contributed by atoms with E-state index in [2.05, 4.69) is 4.74 Å². The maximum atomic E-state index is 11.0. The first kappa shape index (κ1) is 11.0. The smallest absolute Gasteiger partial charge is 0.409 e. The summed E-state index contributed by atoms with van der Waals surface area (Å²) < 4.78 is 26.6. The lowest BCUT2D eigenvalue weighted by Crippen LogP contribution is -1.98. The van der Waals surface area contributed by atoms with Crippen LogP contribution in [0.5, 0.6) is 5.75 Å². The Kier molecular flexibility index (Phi) is 3.13. The van der Waals surface area contributed by atoms with Crippen molar-refractivity contribution in [2.75, 3.05) is 6.26 Å². The SMILES string of the molecule is CS(=O)(=O)c1ccc(OC(=O)Cl)cc1. The Balaban J connectivity index is 2.95. The molecule has 0 atom stereocenters. The van der Waals surface area contributed by atoms with Crippen molar-refractivity contribution in [2.45, 2.75) is 4.90 Å². The molecule has 76 valence electrons. The summed E-state index contributed by atoms with van der Waals surface area (Å²) in [6, 6.07) is 5.39. The van der Waals surface area contributed by atoms with Gasteiger partial charge in [0.15, 0.2) is 9.84 Å². The molecule has 0 saturated carbocycles. The highest BCUT2D eigenvalue weighted by Gasteiger charge is 2.07. The molecule has 0 bridgehead atoms. The average Bonchev–Trinajstić information content (AvgIpc) is 2.02. The third kappa shape index (κ3) is 3.01. The zero-order chi connectivity index (χ0) is 10.8. The fraction of sp³-hybridized carbons (Fsp3) is 0.125. The van der Waals surface area contributed by atoms with Gasteiger partial charge in [0.1, 0.15) is 5.75 Å². The van der Waals surface area contributed by atoms with Crippen LogP contribution in [0.15, 0.2) is 29.2 Å². The zero-order valence-corrected chi connectivity index (χ0v) is 8.80. The Morgan fingerprint density at radius 3 is 2.14 bits per heavy atom. The number of benzene rings is 1. The molecule has 0 unspecified atom stereocenters. The minimum atomic E-state index is -3.22. The van der Waals surface area contributed by atoms with Gasteiger partial charge in [-0.3, -0.25) is 0 Å². The molecule has 1 rings (SSSR count). The standard InChI is InChI=1S/C8H7ClO4S/c1-14(11,12)7-4-2-6(3-5-7)13-8(9)10/h2-5H,1H3. The Morgan fingerprint density at radius 1 is 1.29 bits per heavy atom. The maximum Gasteiger partial charge on any atom is 0.409 e. The fourth-order valence-corrected chi connectivity index (χ4v) is 1.57. The highest BCUT2D eigenvalue weighted by atomic mass is 35.5. The lowest BCUT2D eigenvalue weighted by molar-refractivity contribution is 0.225. The Labute approximate surface area is 86.4 Å². The van der Waals surface area contributed by atoms with Crippen LogP contribution in [0.1, 0.15) is 0 Å². The van der Waals surface area contributed by atoms with E-state index in [0.29, 0.717) is 0 Å². The van der Waals surface area contributed by atoms with Crippen LogP contribution in [-0.4, -0.2) is 20.1 Å². The van der Waals surface area contributed by atoms with E-state index in [4.69, 9.17) is 11.6 Å². The van der Waals surface area contributed by atoms with Gasteiger partial charge in [-0.1, -0.05) is 0 Å². The molecule has 4 nitrogen and oxygen atoms in total. The molecule has 0 spiro atoms. The zero-order valence-electron chi connectivity index (χ0n) is 7.23. The van der Waals surface area contributed by atoms with Crippen molar-refractivity contribution in [2.24, 2.45) is 0 Å². The second-order valence-electron chi connectivity index (χ2n) is 2.58. The molecule has 0 aliphatic carbocycles. The van der Waals surface area contributed by atoms with Gasteiger partial charge < -0.3 is 4.74 Å². The number of carbonyl (C=O) groups excluding carboxylic acids is 1. The number of hydrogen-bond acceptors (Lipinski definition) is 4. The third-order valence-corrected chi connectivity index (χ3v) is 2.66. The lowest BCUT2D eigenvalue weighted by Gasteiger charge is -2.00. The maximum absolute atomic E-state index is 11.0. The largest absolute Gasteiger partial charge is 0.415 e. The molecule has 14 heavy (non-hydrogen) atoms. The van der Waals surface area contributed by atoms with Crippen molar-refractivity contribution in [3.05, 3.63) is 24.3 Å². The van der Waals surface area contributed by atoms with Gasteiger partial charge in [0.25, 0.3) is 0 Å². The number of rotatable bonds is 2. The first-order valence-electron chi connectivity index (χ1n) is 3.57. The van der Waals surface area contributed by atoms with Crippen molar-refractivity contribution < 1.29 is 17.9 Å². The molecule has 0 radical (unpaired) electrons. The van der Waals surface area contributed by atoms with E-state index >= 15 is 0 Å². The van der Waals surface area contributed by atoms with Crippen molar-refractivity contribution in [1.29, 1.82) is 0 Å². The Hall–Kier alpha value is -1.07. The summed E-state index contributed by atoms with van der Waals surface area (Å²) in [5, 5.41) is 0. The summed E-state index contributed by atoms with van der Waals surface area (Å²) in [5.41, 5.74) is -0.961. The number of sulfone groups is 1. The topological polar surface area (TPSA) is 60.4 Å². The van der Waals surface area contributed by atoms with Crippen LogP contribution in [0, 0.1) is 0 Å². The molecule has 1 aromatic rings. The van der Waals surface area contributed by atoms with Crippen molar-refractivity contribution >= 4 is 26.9 Å². The van der Waals surface area contributed by atoms with Crippen molar-refractivity contribution in [3.63, 3.8) is 0 Å². The van der Waals surface area contributed by atoms with Gasteiger partial charge in [-0.05, 0) is 24.3 Å². The third-order valence-electron chi connectivity index (χ3n) is 1.45. The van der Waals surface area contributed by atoms with Crippen LogP contribution in [0.2, 0.25) is 0 Å². The number of carbonyl (C=O) groups is 1. The molecular formula is C8H7ClO4S. The van der Waals surface area contributed by atoms with Crippen molar-refractivity contribution in [1.82, 2.24) is 0 Å². The van der Waals surface area contributed by atoms with Gasteiger partial charge in [0.05, 0.1) is 4.90 Å². The quantitative estimate of drug-likeness (QED) is 0.733. The summed E-state index contributed by atoms with van der Waals surface area (Å²) >= 11 is 4.96. The van der Waals surface area contributed by atoms with E-state index in [-0.39, 0.29) is 10.6 Å². The normalized spacial score (nSPS) is 11.0. The van der Waals surface area contributed by atoms with E-state index < -0.39 is 15.3 Å². The van der Waals surface area contributed by atoms with E-state index in [9.17, 15) is 13.2 Å². The highest BCUT2D eigenvalue weighted by molar-refractivity contribution is 7.90. The minimum Gasteiger partial charge on any atom is -0.415 e. The summed E-state index contributed by atoms with van der Waals surface area (Å²) in [5.74, 6) is 0.206. The summed E-state index contributed by atoms with van der Waals surface area (Å²) in [7, 11) is -3.22. The van der Waals surface area contributed by atoms with E-state index in [1.54, 1.807) is 0 Å². The lowest BCUT2D eigenvalue weighted by atomic mass is 10.3. The van der Waals surface area contributed by atoms with Gasteiger partial charge >= 0.3 is 5.43 Å². The molecule has 0 amide bonds. The van der Waals surface area contributed by atoms with Gasteiger partial charge in [-0.15, -0.1) is 0 Å². The number of hydrogen-bond donors (Lipinski definition) is 0. The van der Waals surface area contributed by atoms with Crippen LogP contribution in [0.25, 0.3) is 0 Å². The second-order valence-corrected chi connectivity index (χ2v) is 4.91. The number of halogens is 1. The first-order chi connectivity index (χ1) is 6.39. The monoisotopic (exact) mass is 234 g/mol. The predicted molar refractivity (Wildman–Crippen MR) is 51.4 cm³/mol. The van der Waals surface area contributed by atoms with Gasteiger partial charge in [0, 0.05) is 17.9 Å². The number of ether oxygens (including phenoxy) is 1. The molecule has 0 fully saturated rings. The van der Waals surface area contributed by atoms with E-state index in [1.807, 2.05) is 0 Å². The molecular weight excluding hydrogens is 228 g/mol. The average molecular weight is 235 g/mol. The molecule has 0 aliphatic heterocycles. The summed E-state index contributed by atoms with van der Waals surface area (Å²) in [6.45, 7) is 0. The minimum absolute atomic E-state index is 0.159. The predicted octanol–water partition coefficient (Wildman–Crippen LogP) is 1.83. The Bertz CT molecular complexity index is 435. The molecule has 0 aromatic heterocycles. The van der Waals surface area contributed by atoms with Crippen LogP contribution in [0.4, 0.5) is 4.79 Å². The van der Waals surface area contributed by atoms with Gasteiger partial charge in [-0.2, -0.15) is 0 Å². The van der Waals surface area contributed by atoms with Gasteiger partial charge in [-0.25, -0.2) is 13.2 Å². The summed E-state index contributed by atoms with van der Waals surface area (Å²) in [6.07, 6.45) is 1.09. The first-order valence-corrected chi connectivity index (χ1v) is 5.84. The Morgan fingerprint density at radius 2 is 1.79 bits per heavy atom. The second kappa shape index (κ2) is 3.98. The van der Waals surface area contributed by atoms with E-state index in [1.165, 1.54) is 24.3 Å². The molecule has 0 aliphatic rings. The molecule has 0 saturated heterocycles. The molecule has 1 aromatic carbocycles. The molecule has 6 heteroatoms. The van der Waals surface area contributed by atoms with Crippen LogP contribution < -0.4 is 4.74 Å². The van der Waals surface area contributed by atoms with E-state index in [0.717, 1.165) is 6.26 Å². The van der Waals surface area contributed by atoms with Crippen LogP contribution in [-0.2, 0) is 9.84 Å². The van der Waals surface area contributed by atoms with Crippen molar-refractivity contribution in [3.8, 4) is 5.75 Å². The fourth-order valence-electron chi connectivity index (χ4n) is 0.848.